The fourth-order valence-corrected chi connectivity index (χ4v) is 2.16. The molecule has 0 saturated carbocycles. The number of carbonyl (C=O) groups is 1. The molecule has 0 aliphatic carbocycles. The zero-order valence-corrected chi connectivity index (χ0v) is 12.3. The molecule has 4 nitrogen and oxygen atoms in total. The van der Waals surface area contributed by atoms with E-state index in [0.717, 1.165) is 16.1 Å². The Bertz CT molecular complexity index is 621. The van der Waals surface area contributed by atoms with Crippen LogP contribution in [-0.4, -0.2) is 20.1 Å². The van der Waals surface area contributed by atoms with E-state index in [-0.39, 0.29) is 11.8 Å². The molecule has 0 fully saturated rings. The summed E-state index contributed by atoms with van der Waals surface area (Å²) in [5, 5.41) is 3.88. The van der Waals surface area contributed by atoms with Crippen molar-refractivity contribution in [1.82, 2.24) is 5.32 Å². The van der Waals surface area contributed by atoms with Gasteiger partial charge in [-0.25, -0.2) is 4.79 Å². The number of benzene rings is 1. The standard InChI is InChI=1S/C15H16ClNO3/c1-9-8-10(4-5-11(9)16)14(17-2)12-6-7-13(20-12)15(18)19-3/h4-8,14,17H,1-3H3. The average Bonchev–Trinajstić information content (AvgIpc) is 2.92. The molecule has 0 bridgehead atoms. The van der Waals surface area contributed by atoms with Gasteiger partial charge in [-0.2, -0.15) is 0 Å². The van der Waals surface area contributed by atoms with Gasteiger partial charge in [-0.15, -0.1) is 0 Å². The molecule has 0 aliphatic heterocycles. The molecule has 0 aliphatic rings. The van der Waals surface area contributed by atoms with Crippen LogP contribution >= 0.6 is 11.6 Å². The number of hydrogen-bond donors (Lipinski definition) is 1. The predicted octanol–water partition coefficient (Wildman–Crippen LogP) is 3.34. The normalized spacial score (nSPS) is 12.2. The van der Waals surface area contributed by atoms with E-state index < -0.39 is 5.97 Å². The van der Waals surface area contributed by atoms with Crippen molar-refractivity contribution >= 4 is 17.6 Å². The second kappa shape index (κ2) is 6.11. The summed E-state index contributed by atoms with van der Waals surface area (Å²) < 4.78 is 10.2. The Balaban J connectivity index is 2.34. The molecule has 0 amide bonds. The summed E-state index contributed by atoms with van der Waals surface area (Å²) >= 11 is 6.03. The highest BCUT2D eigenvalue weighted by Crippen LogP contribution is 2.27. The second-order valence-corrected chi connectivity index (χ2v) is 4.83. The molecule has 20 heavy (non-hydrogen) atoms. The molecular weight excluding hydrogens is 278 g/mol. The summed E-state index contributed by atoms with van der Waals surface area (Å²) in [6, 6.07) is 8.98. The van der Waals surface area contributed by atoms with Crippen molar-refractivity contribution in [3.8, 4) is 0 Å². The number of esters is 1. The van der Waals surface area contributed by atoms with E-state index in [1.165, 1.54) is 7.11 Å². The van der Waals surface area contributed by atoms with Crippen LogP contribution in [0.2, 0.25) is 5.02 Å². The Morgan fingerprint density at radius 3 is 2.70 bits per heavy atom. The smallest absolute Gasteiger partial charge is 0.373 e. The third kappa shape index (κ3) is 2.86. The lowest BCUT2D eigenvalue weighted by Gasteiger charge is -2.15. The van der Waals surface area contributed by atoms with Crippen molar-refractivity contribution in [2.24, 2.45) is 0 Å². The molecule has 2 rings (SSSR count). The first-order chi connectivity index (χ1) is 9.56. The Hall–Kier alpha value is -1.78. The van der Waals surface area contributed by atoms with E-state index in [1.54, 1.807) is 12.1 Å². The van der Waals surface area contributed by atoms with Crippen LogP contribution in [0.3, 0.4) is 0 Å². The van der Waals surface area contributed by atoms with Gasteiger partial charge < -0.3 is 14.5 Å². The van der Waals surface area contributed by atoms with E-state index in [2.05, 4.69) is 10.1 Å². The number of rotatable bonds is 4. The van der Waals surface area contributed by atoms with Gasteiger partial charge in [0.2, 0.25) is 5.76 Å². The maximum absolute atomic E-state index is 11.4. The first kappa shape index (κ1) is 14.6. The third-order valence-electron chi connectivity index (χ3n) is 3.10. The molecule has 0 spiro atoms. The SMILES string of the molecule is CNC(c1ccc(Cl)c(C)c1)c1ccc(C(=O)OC)o1. The summed E-state index contributed by atoms with van der Waals surface area (Å²) in [6.07, 6.45) is 0. The monoisotopic (exact) mass is 293 g/mol. The van der Waals surface area contributed by atoms with Crippen molar-refractivity contribution in [2.75, 3.05) is 14.2 Å². The molecular formula is C15H16ClNO3. The molecule has 0 radical (unpaired) electrons. The number of carbonyl (C=O) groups excluding carboxylic acids is 1. The summed E-state index contributed by atoms with van der Waals surface area (Å²) in [4.78, 5) is 11.4. The quantitative estimate of drug-likeness (QED) is 0.879. The molecule has 0 saturated heterocycles. The van der Waals surface area contributed by atoms with E-state index in [4.69, 9.17) is 16.0 Å². The fraction of sp³-hybridized carbons (Fsp3) is 0.267. The maximum Gasteiger partial charge on any atom is 0.373 e. The number of halogens is 1. The van der Waals surface area contributed by atoms with Gasteiger partial charge in [0.1, 0.15) is 5.76 Å². The van der Waals surface area contributed by atoms with Crippen molar-refractivity contribution in [3.05, 3.63) is 58.0 Å². The molecule has 1 unspecified atom stereocenters. The van der Waals surface area contributed by atoms with Crippen molar-refractivity contribution < 1.29 is 13.9 Å². The summed E-state index contributed by atoms with van der Waals surface area (Å²) in [6.45, 7) is 1.95. The lowest BCUT2D eigenvalue weighted by molar-refractivity contribution is 0.0562. The minimum Gasteiger partial charge on any atom is -0.463 e. The maximum atomic E-state index is 11.4. The van der Waals surface area contributed by atoms with Crippen molar-refractivity contribution in [3.63, 3.8) is 0 Å². The van der Waals surface area contributed by atoms with Crippen LogP contribution in [0, 0.1) is 6.92 Å². The first-order valence-electron chi connectivity index (χ1n) is 6.18. The second-order valence-electron chi connectivity index (χ2n) is 4.42. The zero-order valence-electron chi connectivity index (χ0n) is 11.6. The number of aryl methyl sites for hydroxylation is 1. The Morgan fingerprint density at radius 1 is 1.35 bits per heavy atom. The number of nitrogens with one attached hydrogen (secondary N) is 1. The molecule has 1 N–H and O–H groups in total. The number of furan rings is 1. The zero-order chi connectivity index (χ0) is 14.7. The highest BCUT2D eigenvalue weighted by atomic mass is 35.5. The van der Waals surface area contributed by atoms with Crippen molar-refractivity contribution in [2.45, 2.75) is 13.0 Å². The molecule has 5 heteroatoms. The van der Waals surface area contributed by atoms with Gasteiger partial charge in [0, 0.05) is 5.02 Å². The highest BCUT2D eigenvalue weighted by Gasteiger charge is 2.19. The largest absolute Gasteiger partial charge is 0.463 e. The summed E-state index contributed by atoms with van der Waals surface area (Å²) in [5.74, 6) is 0.349. The van der Waals surface area contributed by atoms with Gasteiger partial charge in [-0.3, -0.25) is 0 Å². The summed E-state index contributed by atoms with van der Waals surface area (Å²) in [7, 11) is 3.15. The van der Waals surface area contributed by atoms with Crippen molar-refractivity contribution in [1.29, 1.82) is 0 Å². The van der Waals surface area contributed by atoms with E-state index in [0.29, 0.717) is 5.76 Å². The van der Waals surface area contributed by atoms with Gasteiger partial charge in [0.25, 0.3) is 0 Å². The van der Waals surface area contributed by atoms with Gasteiger partial charge >= 0.3 is 5.97 Å². The lowest BCUT2D eigenvalue weighted by atomic mass is 10.0. The first-order valence-corrected chi connectivity index (χ1v) is 6.56. The number of hydrogen-bond acceptors (Lipinski definition) is 4. The minimum atomic E-state index is -0.488. The van der Waals surface area contributed by atoms with Crippen LogP contribution in [0.4, 0.5) is 0 Å². The summed E-state index contributed by atoms with van der Waals surface area (Å²) in [5.41, 5.74) is 2.00. The van der Waals surface area contributed by atoms with Gasteiger partial charge in [0.05, 0.1) is 13.2 Å². The fourth-order valence-electron chi connectivity index (χ4n) is 2.04. The molecule has 2 aromatic rings. The minimum absolute atomic E-state index is 0.149. The van der Waals surface area contributed by atoms with Gasteiger partial charge in [-0.05, 0) is 43.3 Å². The van der Waals surface area contributed by atoms with Crippen LogP contribution in [0.15, 0.2) is 34.7 Å². The van der Waals surface area contributed by atoms with Gasteiger partial charge in [0.15, 0.2) is 0 Å². The molecule has 106 valence electrons. The predicted molar refractivity (Wildman–Crippen MR) is 77.1 cm³/mol. The van der Waals surface area contributed by atoms with Crippen LogP contribution in [0.1, 0.15) is 33.5 Å². The topological polar surface area (TPSA) is 51.5 Å². The van der Waals surface area contributed by atoms with Crippen LogP contribution < -0.4 is 5.32 Å². The Morgan fingerprint density at radius 2 is 2.10 bits per heavy atom. The Labute approximate surface area is 122 Å². The number of ether oxygens (including phenoxy) is 1. The molecule has 1 heterocycles. The van der Waals surface area contributed by atoms with Crippen LogP contribution in [0.25, 0.3) is 0 Å². The molecule has 1 aromatic carbocycles. The Kier molecular flexibility index (Phi) is 4.47. The van der Waals surface area contributed by atoms with E-state index in [1.807, 2.05) is 32.2 Å². The van der Waals surface area contributed by atoms with Crippen LogP contribution in [-0.2, 0) is 4.74 Å². The van der Waals surface area contributed by atoms with E-state index >= 15 is 0 Å². The highest BCUT2D eigenvalue weighted by molar-refractivity contribution is 6.31. The third-order valence-corrected chi connectivity index (χ3v) is 3.53. The molecule has 1 atom stereocenters. The molecule has 1 aromatic heterocycles. The number of methoxy groups -OCH3 is 1. The average molecular weight is 294 g/mol. The van der Waals surface area contributed by atoms with E-state index in [9.17, 15) is 4.79 Å². The van der Waals surface area contributed by atoms with Crippen LogP contribution in [0.5, 0.6) is 0 Å². The van der Waals surface area contributed by atoms with Gasteiger partial charge in [-0.1, -0.05) is 23.7 Å². The lowest BCUT2D eigenvalue weighted by Crippen LogP contribution is -2.17.